The molecule has 2 atom stereocenters. The summed E-state index contributed by atoms with van der Waals surface area (Å²) in [6.45, 7) is -0.328. The maximum atomic E-state index is 13.3. The van der Waals surface area contributed by atoms with Gasteiger partial charge in [-0.15, -0.1) is 0 Å². The summed E-state index contributed by atoms with van der Waals surface area (Å²) in [5.74, 6) is -0.499. The molecule has 4 aromatic rings. The Morgan fingerprint density at radius 1 is 1.03 bits per heavy atom. The van der Waals surface area contributed by atoms with Gasteiger partial charge in [-0.3, -0.25) is 13.3 Å². The largest absolute Gasteiger partial charge is 0.755 e. The average molecular weight is 577 g/mol. The first-order valence-electron chi connectivity index (χ1n) is 11.1. The van der Waals surface area contributed by atoms with Gasteiger partial charge < -0.3 is 15.0 Å². The SMILES string of the molecule is O=C(NC(CO)Cc1ccc(Cl)cc1)c1ccc(Cl)cc1N(c1nsnc1Cc1ccccc1)S(=O)[O-]. The van der Waals surface area contributed by atoms with E-state index in [4.69, 9.17) is 23.2 Å². The number of carbonyl (C=O) groups is 1. The predicted octanol–water partition coefficient (Wildman–Crippen LogP) is 4.70. The third-order valence-corrected chi connectivity index (χ3v) is 7.18. The van der Waals surface area contributed by atoms with E-state index in [2.05, 4.69) is 14.1 Å². The van der Waals surface area contributed by atoms with Crippen LogP contribution in [-0.4, -0.2) is 41.2 Å². The highest BCUT2D eigenvalue weighted by Crippen LogP contribution is 2.34. The first kappa shape index (κ1) is 27.2. The molecule has 0 saturated heterocycles. The van der Waals surface area contributed by atoms with Crippen molar-refractivity contribution in [3.8, 4) is 0 Å². The fourth-order valence-electron chi connectivity index (χ4n) is 3.72. The van der Waals surface area contributed by atoms with Crippen LogP contribution >= 0.6 is 34.9 Å². The molecule has 3 aromatic carbocycles. The molecule has 0 spiro atoms. The van der Waals surface area contributed by atoms with Gasteiger partial charge in [0.15, 0.2) is 5.82 Å². The van der Waals surface area contributed by atoms with Gasteiger partial charge in [0.1, 0.15) is 5.69 Å². The number of hydrogen-bond donors (Lipinski definition) is 2. The van der Waals surface area contributed by atoms with Gasteiger partial charge in [-0.05, 0) is 47.9 Å². The van der Waals surface area contributed by atoms with E-state index >= 15 is 0 Å². The fourth-order valence-corrected chi connectivity index (χ4v) is 5.21. The zero-order valence-corrected chi connectivity index (χ0v) is 22.4. The quantitative estimate of drug-likeness (QED) is 0.264. The number of anilines is 2. The van der Waals surface area contributed by atoms with Gasteiger partial charge in [-0.1, -0.05) is 65.7 Å². The Labute approximate surface area is 230 Å². The van der Waals surface area contributed by atoms with E-state index < -0.39 is 23.2 Å². The molecule has 2 unspecified atom stereocenters. The van der Waals surface area contributed by atoms with E-state index in [9.17, 15) is 18.7 Å². The number of aliphatic hydroxyl groups is 1. The molecule has 0 fully saturated rings. The lowest BCUT2D eigenvalue weighted by Crippen LogP contribution is -2.39. The maximum Gasteiger partial charge on any atom is 0.253 e. The number of rotatable bonds is 10. The number of amides is 1. The van der Waals surface area contributed by atoms with Crippen molar-refractivity contribution in [2.75, 3.05) is 10.9 Å². The second-order valence-electron chi connectivity index (χ2n) is 8.05. The molecule has 1 aromatic heterocycles. The first-order chi connectivity index (χ1) is 17.9. The highest BCUT2D eigenvalue weighted by Gasteiger charge is 2.25. The molecule has 37 heavy (non-hydrogen) atoms. The molecule has 2 N–H and O–H groups in total. The Morgan fingerprint density at radius 3 is 2.41 bits per heavy atom. The van der Waals surface area contributed by atoms with E-state index in [0.717, 1.165) is 27.2 Å². The summed E-state index contributed by atoms with van der Waals surface area (Å²) < 4.78 is 34.4. The number of carbonyl (C=O) groups excluding carboxylic acids is 1. The van der Waals surface area contributed by atoms with Crippen LogP contribution in [0.25, 0.3) is 0 Å². The minimum absolute atomic E-state index is 0.0172. The molecule has 4 rings (SSSR count). The molecular formula is C25H21Cl2N4O4S2-. The topological polar surface area (TPSA) is 118 Å². The highest BCUT2D eigenvalue weighted by molar-refractivity contribution is 7.81. The van der Waals surface area contributed by atoms with Crippen molar-refractivity contribution in [2.45, 2.75) is 18.9 Å². The van der Waals surface area contributed by atoms with Crippen LogP contribution in [0.5, 0.6) is 0 Å². The summed E-state index contributed by atoms with van der Waals surface area (Å²) in [6.07, 6.45) is 0.687. The molecule has 0 aliphatic heterocycles. The Hall–Kier alpha value is -2.86. The van der Waals surface area contributed by atoms with Crippen LogP contribution in [0.2, 0.25) is 10.0 Å². The van der Waals surface area contributed by atoms with Crippen molar-refractivity contribution >= 4 is 63.6 Å². The number of nitrogens with one attached hydrogen (secondary N) is 1. The van der Waals surface area contributed by atoms with Gasteiger partial charge in [-0.2, -0.15) is 8.75 Å². The number of hydrogen-bond acceptors (Lipinski definition) is 7. The smallest absolute Gasteiger partial charge is 0.253 e. The maximum absolute atomic E-state index is 13.3. The third kappa shape index (κ3) is 6.92. The van der Waals surface area contributed by atoms with Crippen molar-refractivity contribution in [3.63, 3.8) is 0 Å². The Bertz CT molecular complexity index is 1390. The van der Waals surface area contributed by atoms with Crippen LogP contribution in [0.4, 0.5) is 11.5 Å². The van der Waals surface area contributed by atoms with Gasteiger partial charge in [0.25, 0.3) is 5.91 Å². The number of aromatic nitrogens is 2. The second kappa shape index (κ2) is 12.6. The highest BCUT2D eigenvalue weighted by atomic mass is 35.5. The van der Waals surface area contributed by atoms with E-state index in [1.165, 1.54) is 18.2 Å². The van der Waals surface area contributed by atoms with Crippen LogP contribution in [0.1, 0.15) is 27.2 Å². The number of aliphatic hydroxyl groups excluding tert-OH is 1. The summed E-state index contributed by atoms with van der Waals surface area (Å²) >= 11 is 10.2. The minimum Gasteiger partial charge on any atom is -0.755 e. The molecule has 12 heteroatoms. The van der Waals surface area contributed by atoms with Gasteiger partial charge in [0.2, 0.25) is 0 Å². The zero-order valence-electron chi connectivity index (χ0n) is 19.2. The molecule has 1 amide bonds. The summed E-state index contributed by atoms with van der Waals surface area (Å²) in [7, 11) is 0. The predicted molar refractivity (Wildman–Crippen MR) is 145 cm³/mol. The van der Waals surface area contributed by atoms with Gasteiger partial charge >= 0.3 is 0 Å². The molecule has 1 heterocycles. The van der Waals surface area contributed by atoms with Crippen LogP contribution in [0.15, 0.2) is 72.8 Å². The fraction of sp³-hybridized carbons (Fsp3) is 0.160. The van der Waals surface area contributed by atoms with Crippen LogP contribution in [0, 0.1) is 0 Å². The van der Waals surface area contributed by atoms with Crippen molar-refractivity contribution in [2.24, 2.45) is 0 Å². The molecular weight excluding hydrogens is 555 g/mol. The van der Waals surface area contributed by atoms with Crippen LogP contribution < -0.4 is 9.62 Å². The summed E-state index contributed by atoms with van der Waals surface area (Å²) in [4.78, 5) is 13.3. The summed E-state index contributed by atoms with van der Waals surface area (Å²) in [6, 6.07) is 20.2. The van der Waals surface area contributed by atoms with Crippen LogP contribution in [-0.2, 0) is 24.1 Å². The van der Waals surface area contributed by atoms with Gasteiger partial charge in [-0.25, -0.2) is 0 Å². The normalized spacial score (nSPS) is 12.6. The average Bonchev–Trinajstić information content (AvgIpc) is 3.32. The lowest BCUT2D eigenvalue weighted by atomic mass is 10.1. The molecule has 0 aliphatic rings. The summed E-state index contributed by atoms with van der Waals surface area (Å²) in [5, 5.41) is 13.5. The molecule has 0 saturated carbocycles. The number of benzene rings is 3. The van der Waals surface area contributed by atoms with Crippen LogP contribution in [0.3, 0.4) is 0 Å². The monoisotopic (exact) mass is 575 g/mol. The van der Waals surface area contributed by atoms with Crippen molar-refractivity contribution < 1.29 is 18.7 Å². The molecule has 0 aliphatic carbocycles. The van der Waals surface area contributed by atoms with Gasteiger partial charge in [0.05, 0.1) is 46.9 Å². The van der Waals surface area contributed by atoms with E-state index in [1.807, 2.05) is 30.3 Å². The lowest BCUT2D eigenvalue weighted by molar-refractivity contribution is 0.0917. The number of nitrogens with zero attached hydrogens (tertiary/aromatic N) is 3. The van der Waals surface area contributed by atoms with Crippen molar-refractivity contribution in [3.05, 3.63) is 105 Å². The molecule has 0 bridgehead atoms. The number of halogens is 2. The van der Waals surface area contributed by atoms with Crippen molar-refractivity contribution in [1.82, 2.24) is 14.1 Å². The Balaban J connectivity index is 1.64. The van der Waals surface area contributed by atoms with E-state index in [-0.39, 0.29) is 28.7 Å². The first-order valence-corrected chi connectivity index (χ1v) is 13.6. The Morgan fingerprint density at radius 2 is 1.73 bits per heavy atom. The van der Waals surface area contributed by atoms with E-state index in [1.54, 1.807) is 24.3 Å². The molecule has 0 radical (unpaired) electrons. The second-order valence-corrected chi connectivity index (χ2v) is 10.3. The van der Waals surface area contributed by atoms with Gasteiger partial charge in [0, 0.05) is 16.5 Å². The summed E-state index contributed by atoms with van der Waals surface area (Å²) in [5.41, 5.74) is 2.28. The zero-order chi connectivity index (χ0) is 26.4. The Kier molecular flexibility index (Phi) is 9.25. The van der Waals surface area contributed by atoms with Crippen molar-refractivity contribution in [1.29, 1.82) is 0 Å². The van der Waals surface area contributed by atoms with E-state index in [0.29, 0.717) is 23.6 Å². The minimum atomic E-state index is -2.85. The molecule has 192 valence electrons. The standard InChI is InChI=1S/C25H22Cl2N4O4S2/c26-18-8-6-17(7-9-18)12-20(15-32)28-25(33)21-11-10-19(27)14-23(21)31(37(34)35)24-22(29-36-30-24)13-16-4-2-1-3-5-16/h1-11,14,20,32H,12-13,15H2,(H,28,33)(H,34,35)/p-1. The molecule has 8 nitrogen and oxygen atoms in total. The third-order valence-electron chi connectivity index (χ3n) is 5.47. The lowest BCUT2D eigenvalue weighted by Gasteiger charge is -2.27.